The first-order valence-corrected chi connectivity index (χ1v) is 7.42. The summed E-state index contributed by atoms with van der Waals surface area (Å²) in [5.74, 6) is -0.678. The molecule has 1 heterocycles. The Labute approximate surface area is 147 Å². The molecule has 3 rings (SSSR count). The molecule has 2 aromatic carbocycles. The molecule has 0 bridgehead atoms. The first-order chi connectivity index (χ1) is 12.6. The molecule has 0 atom stereocenters. The highest BCUT2D eigenvalue weighted by molar-refractivity contribution is 6.06. The van der Waals surface area contributed by atoms with Gasteiger partial charge in [0.05, 0.1) is 16.6 Å². The quantitative estimate of drug-likeness (QED) is 0.280. The minimum atomic E-state index is -0.678. The number of aromatic amines is 1. The number of benzene rings is 2. The van der Waals surface area contributed by atoms with Crippen LogP contribution in [0.3, 0.4) is 0 Å². The van der Waals surface area contributed by atoms with E-state index in [1.165, 1.54) is 30.5 Å². The van der Waals surface area contributed by atoms with Crippen LogP contribution >= 0.6 is 0 Å². The lowest BCUT2D eigenvalue weighted by molar-refractivity contribution is -0.384. The van der Waals surface area contributed by atoms with Crippen LogP contribution in [0.15, 0.2) is 60.4 Å². The number of carbonyl (C=O) groups is 1. The number of non-ortho nitro benzene ring substituents is 1. The second-order valence-corrected chi connectivity index (χ2v) is 5.25. The van der Waals surface area contributed by atoms with Crippen LogP contribution < -0.4 is 10.6 Å². The lowest BCUT2D eigenvalue weighted by Gasteiger charge is -2.05. The highest BCUT2D eigenvalue weighted by Crippen LogP contribution is 2.19. The van der Waals surface area contributed by atoms with E-state index in [-0.39, 0.29) is 16.9 Å². The monoisotopic (exact) mass is 348 g/mol. The highest BCUT2D eigenvalue weighted by Gasteiger charge is 2.12. The van der Waals surface area contributed by atoms with Crippen LogP contribution in [0.2, 0.25) is 0 Å². The van der Waals surface area contributed by atoms with Gasteiger partial charge in [0.2, 0.25) is 0 Å². The number of hydrogen-bond acceptors (Lipinski definition) is 6. The minimum absolute atomic E-state index is 0.156. The van der Waals surface area contributed by atoms with E-state index in [1.54, 1.807) is 24.4 Å². The van der Waals surface area contributed by atoms with Crippen LogP contribution in [-0.4, -0.2) is 21.0 Å². The van der Waals surface area contributed by atoms with Gasteiger partial charge < -0.3 is 10.6 Å². The number of aromatic nitrogens is 2. The summed E-state index contributed by atoms with van der Waals surface area (Å²) in [5.41, 5.74) is 1.36. The van der Waals surface area contributed by atoms with Crippen molar-refractivity contribution in [1.29, 1.82) is 5.26 Å². The van der Waals surface area contributed by atoms with E-state index in [2.05, 4.69) is 20.8 Å². The number of nitrogens with zero attached hydrogens (tertiary/aromatic N) is 3. The van der Waals surface area contributed by atoms with Gasteiger partial charge in [-0.05, 0) is 24.3 Å². The Hall–Kier alpha value is -4.19. The van der Waals surface area contributed by atoms with E-state index in [0.717, 1.165) is 10.9 Å². The third-order valence-electron chi connectivity index (χ3n) is 3.51. The van der Waals surface area contributed by atoms with Crippen molar-refractivity contribution in [1.82, 2.24) is 10.2 Å². The molecule has 1 amide bonds. The molecule has 0 saturated carbocycles. The Morgan fingerprint density at radius 2 is 2.12 bits per heavy atom. The van der Waals surface area contributed by atoms with Crippen molar-refractivity contribution in [3.05, 3.63) is 70.5 Å². The Bertz CT molecular complexity index is 1060. The predicted molar refractivity (Wildman–Crippen MR) is 95.1 cm³/mol. The molecular formula is C17H12N6O3. The van der Waals surface area contributed by atoms with Gasteiger partial charge in [0.1, 0.15) is 11.6 Å². The summed E-state index contributed by atoms with van der Waals surface area (Å²) in [6, 6.07) is 12.7. The minimum Gasteiger partial charge on any atom is -0.360 e. The normalized spacial score (nSPS) is 11.0. The van der Waals surface area contributed by atoms with Gasteiger partial charge in [-0.1, -0.05) is 6.07 Å². The molecule has 9 heteroatoms. The fraction of sp³-hybridized carbons (Fsp3) is 0. The molecule has 0 fully saturated rings. The summed E-state index contributed by atoms with van der Waals surface area (Å²) >= 11 is 0. The fourth-order valence-corrected chi connectivity index (χ4v) is 2.23. The van der Waals surface area contributed by atoms with Crippen LogP contribution in [0.4, 0.5) is 17.1 Å². The number of anilines is 2. The molecule has 3 aromatic rings. The van der Waals surface area contributed by atoms with Crippen LogP contribution in [0, 0.1) is 21.4 Å². The molecule has 9 nitrogen and oxygen atoms in total. The zero-order valence-corrected chi connectivity index (χ0v) is 13.3. The number of rotatable bonds is 5. The number of H-pyrrole nitrogens is 1. The summed E-state index contributed by atoms with van der Waals surface area (Å²) in [4.78, 5) is 22.4. The van der Waals surface area contributed by atoms with Gasteiger partial charge in [-0.3, -0.25) is 20.0 Å². The molecule has 128 valence electrons. The Kier molecular flexibility index (Phi) is 4.58. The molecule has 0 radical (unpaired) electrons. The summed E-state index contributed by atoms with van der Waals surface area (Å²) in [7, 11) is 0. The average molecular weight is 348 g/mol. The topological polar surface area (TPSA) is 137 Å². The van der Waals surface area contributed by atoms with E-state index in [0.29, 0.717) is 5.69 Å². The first kappa shape index (κ1) is 16.7. The number of nitriles is 1. The van der Waals surface area contributed by atoms with E-state index in [9.17, 15) is 20.2 Å². The smallest absolute Gasteiger partial charge is 0.271 e. The standard InChI is InChI=1S/C17H12N6O3/c18-8-12(9-19-13-5-4-11-10-20-22-16(11)7-13)17(24)21-14-2-1-3-15(6-14)23(25)26/h1-7,9-10,19H,(H,20,22)(H,21,24)/b12-9-. The van der Waals surface area contributed by atoms with E-state index in [4.69, 9.17) is 0 Å². The SMILES string of the molecule is N#C/C(=C/Nc1ccc2cn[nH]c2c1)C(=O)Nc1cccc([N+](=O)[O-])c1. The number of nitro groups is 1. The number of nitrogens with one attached hydrogen (secondary N) is 3. The van der Waals surface area contributed by atoms with Gasteiger partial charge in [-0.2, -0.15) is 10.4 Å². The van der Waals surface area contributed by atoms with Crippen molar-refractivity contribution in [2.45, 2.75) is 0 Å². The number of fused-ring (bicyclic) bond motifs is 1. The van der Waals surface area contributed by atoms with Crippen molar-refractivity contribution in [2.24, 2.45) is 0 Å². The molecule has 26 heavy (non-hydrogen) atoms. The van der Waals surface area contributed by atoms with Gasteiger partial charge in [0, 0.05) is 35.1 Å². The highest BCUT2D eigenvalue weighted by atomic mass is 16.6. The van der Waals surface area contributed by atoms with Crippen molar-refractivity contribution in [3.8, 4) is 6.07 Å². The number of carbonyl (C=O) groups excluding carboxylic acids is 1. The van der Waals surface area contributed by atoms with Crippen LogP contribution in [0.25, 0.3) is 10.9 Å². The van der Waals surface area contributed by atoms with E-state index < -0.39 is 10.8 Å². The fourth-order valence-electron chi connectivity index (χ4n) is 2.23. The van der Waals surface area contributed by atoms with Gasteiger partial charge in [-0.15, -0.1) is 0 Å². The Morgan fingerprint density at radius 3 is 2.88 bits per heavy atom. The van der Waals surface area contributed by atoms with Gasteiger partial charge >= 0.3 is 0 Å². The summed E-state index contributed by atoms with van der Waals surface area (Å²) in [6.45, 7) is 0. The largest absolute Gasteiger partial charge is 0.360 e. The van der Waals surface area contributed by atoms with Crippen LogP contribution in [-0.2, 0) is 4.79 Å². The molecule has 3 N–H and O–H groups in total. The maximum atomic E-state index is 12.2. The molecule has 0 aliphatic heterocycles. The van der Waals surface area contributed by atoms with Crippen LogP contribution in [0.1, 0.15) is 0 Å². The van der Waals surface area contributed by atoms with Crippen molar-refractivity contribution >= 4 is 33.9 Å². The van der Waals surface area contributed by atoms with Gasteiger partial charge in [0.15, 0.2) is 0 Å². The number of hydrogen-bond donors (Lipinski definition) is 3. The van der Waals surface area contributed by atoms with Crippen molar-refractivity contribution in [3.63, 3.8) is 0 Å². The molecule has 0 spiro atoms. The lowest BCUT2D eigenvalue weighted by atomic mass is 10.2. The molecule has 0 aliphatic carbocycles. The van der Waals surface area contributed by atoms with Gasteiger partial charge in [0.25, 0.3) is 11.6 Å². The number of nitro benzene ring substituents is 1. The third kappa shape index (κ3) is 3.65. The summed E-state index contributed by atoms with van der Waals surface area (Å²) in [6.07, 6.45) is 2.95. The third-order valence-corrected chi connectivity index (χ3v) is 3.51. The summed E-state index contributed by atoms with van der Waals surface area (Å²) in [5, 5.41) is 33.0. The molecule has 1 aromatic heterocycles. The second-order valence-electron chi connectivity index (χ2n) is 5.25. The number of amides is 1. The zero-order chi connectivity index (χ0) is 18.5. The Morgan fingerprint density at radius 1 is 1.27 bits per heavy atom. The maximum Gasteiger partial charge on any atom is 0.271 e. The van der Waals surface area contributed by atoms with E-state index in [1.807, 2.05) is 6.07 Å². The molecule has 0 aliphatic rings. The average Bonchev–Trinajstić information content (AvgIpc) is 3.10. The van der Waals surface area contributed by atoms with Crippen molar-refractivity contribution < 1.29 is 9.72 Å². The lowest BCUT2D eigenvalue weighted by Crippen LogP contribution is -2.14. The Balaban J connectivity index is 1.73. The molecule has 0 saturated heterocycles. The zero-order valence-electron chi connectivity index (χ0n) is 13.3. The maximum absolute atomic E-state index is 12.2. The van der Waals surface area contributed by atoms with Gasteiger partial charge in [-0.25, -0.2) is 0 Å². The van der Waals surface area contributed by atoms with Crippen LogP contribution in [0.5, 0.6) is 0 Å². The first-order valence-electron chi connectivity index (χ1n) is 7.42. The second kappa shape index (κ2) is 7.14. The summed E-state index contributed by atoms with van der Waals surface area (Å²) < 4.78 is 0. The predicted octanol–water partition coefficient (Wildman–Crippen LogP) is 2.93. The van der Waals surface area contributed by atoms with Crippen molar-refractivity contribution in [2.75, 3.05) is 10.6 Å². The molecule has 0 unspecified atom stereocenters. The molecular weight excluding hydrogens is 336 g/mol. The van der Waals surface area contributed by atoms with E-state index >= 15 is 0 Å².